The molecule has 0 fully saturated rings. The number of nitriles is 1. The lowest BCUT2D eigenvalue weighted by atomic mass is 10.0. The van der Waals surface area contributed by atoms with Crippen LogP contribution in [0.5, 0.6) is 5.75 Å². The van der Waals surface area contributed by atoms with Gasteiger partial charge in [0, 0.05) is 30.3 Å². The predicted molar refractivity (Wildman–Crippen MR) is 133 cm³/mol. The van der Waals surface area contributed by atoms with E-state index < -0.39 is 0 Å². The van der Waals surface area contributed by atoms with Crippen LogP contribution in [-0.4, -0.2) is 46.7 Å². The maximum absolute atomic E-state index is 12.4. The molecule has 0 aliphatic heterocycles. The van der Waals surface area contributed by atoms with E-state index in [4.69, 9.17) is 9.26 Å². The van der Waals surface area contributed by atoms with Crippen LogP contribution in [0.2, 0.25) is 0 Å². The molecule has 1 unspecified atom stereocenters. The molecule has 8 heteroatoms. The minimum absolute atomic E-state index is 0.0307. The summed E-state index contributed by atoms with van der Waals surface area (Å²) in [6.45, 7) is 9.57. The number of rotatable bonds is 9. The van der Waals surface area contributed by atoms with E-state index in [-0.39, 0.29) is 18.1 Å². The summed E-state index contributed by atoms with van der Waals surface area (Å²) in [6, 6.07) is 13.6. The summed E-state index contributed by atoms with van der Waals surface area (Å²) < 4.78 is 11.3. The molecule has 1 aliphatic rings. The lowest BCUT2D eigenvalue weighted by Gasteiger charge is -2.21. The molecule has 35 heavy (non-hydrogen) atoms. The Kier molecular flexibility index (Phi) is 7.47. The minimum atomic E-state index is -0.0307. The molecule has 0 bridgehead atoms. The zero-order valence-corrected chi connectivity index (χ0v) is 20.7. The maximum Gasteiger partial charge on any atom is 0.258 e. The fourth-order valence-electron chi connectivity index (χ4n) is 4.53. The first-order chi connectivity index (χ1) is 16.9. The van der Waals surface area contributed by atoms with Crippen molar-refractivity contribution in [2.24, 2.45) is 0 Å². The summed E-state index contributed by atoms with van der Waals surface area (Å²) in [5.74, 6) is 1.51. The first kappa shape index (κ1) is 24.4. The lowest BCUT2D eigenvalue weighted by Crippen LogP contribution is -2.38. The Labute approximate surface area is 205 Å². The molecule has 4 rings (SSSR count). The summed E-state index contributed by atoms with van der Waals surface area (Å²) in [4.78, 5) is 18.9. The smallest absolute Gasteiger partial charge is 0.258 e. The minimum Gasteiger partial charge on any atom is -0.490 e. The predicted octanol–water partition coefficient (Wildman–Crippen LogP) is 4.51. The lowest BCUT2D eigenvalue weighted by molar-refractivity contribution is -0.130. The molecule has 1 heterocycles. The average Bonchev–Trinajstić information content (AvgIpc) is 3.51. The van der Waals surface area contributed by atoms with Crippen LogP contribution < -0.4 is 10.1 Å². The van der Waals surface area contributed by atoms with Crippen LogP contribution in [0.3, 0.4) is 0 Å². The Morgan fingerprint density at radius 2 is 2.09 bits per heavy atom. The molecule has 182 valence electrons. The molecule has 1 amide bonds. The van der Waals surface area contributed by atoms with Gasteiger partial charge in [-0.1, -0.05) is 23.4 Å². The van der Waals surface area contributed by atoms with Crippen molar-refractivity contribution < 1.29 is 14.1 Å². The summed E-state index contributed by atoms with van der Waals surface area (Å²) in [7, 11) is 0. The van der Waals surface area contributed by atoms with Crippen molar-refractivity contribution in [2.45, 2.75) is 52.7 Å². The number of nitrogens with zero attached hydrogens (tertiary/aromatic N) is 4. The van der Waals surface area contributed by atoms with E-state index in [0.717, 1.165) is 18.4 Å². The number of likely N-dealkylation sites (N-methyl/N-ethyl adjacent to an activating group) is 1. The number of nitrogens with one attached hydrogen (secondary N) is 1. The van der Waals surface area contributed by atoms with Crippen molar-refractivity contribution in [3.63, 3.8) is 0 Å². The average molecular weight is 474 g/mol. The Morgan fingerprint density at radius 3 is 2.80 bits per heavy atom. The second-order valence-electron chi connectivity index (χ2n) is 8.82. The fourth-order valence-corrected chi connectivity index (χ4v) is 4.53. The van der Waals surface area contributed by atoms with Crippen molar-refractivity contribution in [3.8, 4) is 34.7 Å². The number of carbonyl (C=O) groups is 1. The highest BCUT2D eigenvalue weighted by atomic mass is 16.5. The Morgan fingerprint density at radius 1 is 1.29 bits per heavy atom. The number of carbonyl (C=O) groups excluding carboxylic acids is 1. The second-order valence-corrected chi connectivity index (χ2v) is 8.82. The van der Waals surface area contributed by atoms with Gasteiger partial charge in [-0.15, -0.1) is 0 Å². The van der Waals surface area contributed by atoms with Gasteiger partial charge in [0.05, 0.1) is 18.2 Å². The van der Waals surface area contributed by atoms with Gasteiger partial charge in [-0.2, -0.15) is 10.2 Å². The van der Waals surface area contributed by atoms with Gasteiger partial charge < -0.3 is 19.5 Å². The van der Waals surface area contributed by atoms with Crippen LogP contribution in [0, 0.1) is 11.3 Å². The zero-order valence-electron chi connectivity index (χ0n) is 20.7. The number of aromatic nitrogens is 2. The fraction of sp³-hybridized carbons (Fsp3) is 0.407. The topological polar surface area (TPSA) is 104 Å². The highest BCUT2D eigenvalue weighted by Gasteiger charge is 2.27. The van der Waals surface area contributed by atoms with Gasteiger partial charge in [0.15, 0.2) is 0 Å². The van der Waals surface area contributed by atoms with Crippen molar-refractivity contribution in [1.82, 2.24) is 20.4 Å². The van der Waals surface area contributed by atoms with Gasteiger partial charge in [0.1, 0.15) is 11.8 Å². The normalized spacial score (nSPS) is 14.6. The van der Waals surface area contributed by atoms with Crippen LogP contribution >= 0.6 is 0 Å². The summed E-state index contributed by atoms with van der Waals surface area (Å²) in [5, 5.41) is 17.2. The number of benzene rings is 2. The summed E-state index contributed by atoms with van der Waals surface area (Å²) in [6.07, 6.45) is 1.74. The first-order valence-corrected chi connectivity index (χ1v) is 12.1. The number of hydrogen-bond acceptors (Lipinski definition) is 7. The molecule has 1 atom stereocenters. The molecule has 0 spiro atoms. The van der Waals surface area contributed by atoms with Gasteiger partial charge >= 0.3 is 0 Å². The van der Waals surface area contributed by atoms with E-state index in [1.807, 2.05) is 50.8 Å². The van der Waals surface area contributed by atoms with Crippen LogP contribution in [-0.2, 0) is 11.2 Å². The van der Waals surface area contributed by atoms with E-state index in [9.17, 15) is 10.1 Å². The van der Waals surface area contributed by atoms with Crippen molar-refractivity contribution in [2.75, 3.05) is 19.6 Å². The molecule has 2 aromatic carbocycles. The SMILES string of the molecule is CCN(CC)C(=O)CNC1CCc2c(-c3noc(-c4ccc(OC(C)C)c(C#N)c4)n3)cccc21. The third kappa shape index (κ3) is 5.20. The van der Waals surface area contributed by atoms with E-state index in [1.165, 1.54) is 11.1 Å². The highest BCUT2D eigenvalue weighted by Crippen LogP contribution is 2.37. The first-order valence-electron chi connectivity index (χ1n) is 12.1. The van der Waals surface area contributed by atoms with Gasteiger partial charge in [-0.3, -0.25) is 4.79 Å². The zero-order chi connectivity index (χ0) is 24.9. The summed E-state index contributed by atoms with van der Waals surface area (Å²) >= 11 is 0. The number of amides is 1. The number of fused-ring (bicyclic) bond motifs is 1. The maximum atomic E-state index is 12.4. The molecule has 1 aliphatic carbocycles. The highest BCUT2D eigenvalue weighted by molar-refractivity contribution is 5.78. The number of ether oxygens (including phenoxy) is 1. The number of hydrogen-bond donors (Lipinski definition) is 1. The van der Waals surface area contributed by atoms with Crippen LogP contribution in [0.4, 0.5) is 0 Å². The molecule has 3 aromatic rings. The monoisotopic (exact) mass is 473 g/mol. The van der Waals surface area contributed by atoms with E-state index in [2.05, 4.69) is 27.6 Å². The molecular weight excluding hydrogens is 442 g/mol. The Balaban J connectivity index is 1.54. The van der Waals surface area contributed by atoms with Gasteiger partial charge in [-0.05, 0) is 69.9 Å². The van der Waals surface area contributed by atoms with E-state index in [1.54, 1.807) is 12.1 Å². The van der Waals surface area contributed by atoms with Crippen molar-refractivity contribution >= 4 is 5.91 Å². The second kappa shape index (κ2) is 10.7. The largest absolute Gasteiger partial charge is 0.490 e. The van der Waals surface area contributed by atoms with E-state index in [0.29, 0.717) is 48.2 Å². The third-order valence-corrected chi connectivity index (χ3v) is 6.26. The molecule has 0 saturated heterocycles. The van der Waals surface area contributed by atoms with Crippen LogP contribution in [0.15, 0.2) is 40.9 Å². The standard InChI is InChI=1S/C27H31N5O3/c1-5-32(6-2)25(33)16-29-23-12-11-20-21(23)8-7-9-22(20)26-30-27(35-31-26)18-10-13-24(34-17(3)4)19(14-18)15-28/h7-10,13-14,17,23,29H,5-6,11-12,16H2,1-4H3. The Bertz CT molecular complexity index is 1240. The van der Waals surface area contributed by atoms with E-state index >= 15 is 0 Å². The van der Waals surface area contributed by atoms with Gasteiger partial charge in [0.25, 0.3) is 5.89 Å². The molecule has 0 saturated carbocycles. The van der Waals surface area contributed by atoms with Crippen LogP contribution in [0.1, 0.15) is 56.8 Å². The molecule has 0 radical (unpaired) electrons. The molecule has 1 aromatic heterocycles. The third-order valence-electron chi connectivity index (χ3n) is 6.26. The molecule has 1 N–H and O–H groups in total. The Hall–Kier alpha value is -3.70. The van der Waals surface area contributed by atoms with Crippen LogP contribution in [0.25, 0.3) is 22.8 Å². The summed E-state index contributed by atoms with van der Waals surface area (Å²) in [5.41, 5.74) is 4.36. The molecule has 8 nitrogen and oxygen atoms in total. The quantitative estimate of drug-likeness (QED) is 0.488. The molecular formula is C27H31N5O3. The van der Waals surface area contributed by atoms with Gasteiger partial charge in [-0.25, -0.2) is 0 Å². The van der Waals surface area contributed by atoms with Gasteiger partial charge in [0.2, 0.25) is 11.7 Å². The van der Waals surface area contributed by atoms with Crippen molar-refractivity contribution in [1.29, 1.82) is 5.26 Å². The van der Waals surface area contributed by atoms with Crippen molar-refractivity contribution in [3.05, 3.63) is 53.1 Å².